The van der Waals surface area contributed by atoms with Gasteiger partial charge in [-0.05, 0) is 49.1 Å². The molecule has 28 heavy (non-hydrogen) atoms. The van der Waals surface area contributed by atoms with Crippen molar-refractivity contribution in [2.75, 3.05) is 6.61 Å². The van der Waals surface area contributed by atoms with E-state index in [9.17, 15) is 22.8 Å². The first kappa shape index (κ1) is 19.7. The number of aryl methyl sites for hydroxylation is 1. The van der Waals surface area contributed by atoms with Crippen molar-refractivity contribution in [2.45, 2.75) is 25.4 Å². The number of amides is 2. The Morgan fingerprint density at radius 2 is 1.68 bits per heavy atom. The van der Waals surface area contributed by atoms with Crippen LogP contribution in [0.3, 0.4) is 0 Å². The average Bonchev–Trinajstić information content (AvgIpc) is 3.46. The Bertz CT molecular complexity index is 848. The molecule has 0 heterocycles. The van der Waals surface area contributed by atoms with Crippen molar-refractivity contribution < 1.29 is 27.5 Å². The summed E-state index contributed by atoms with van der Waals surface area (Å²) in [6, 6.07) is 12.0. The van der Waals surface area contributed by atoms with Gasteiger partial charge < -0.3 is 4.74 Å². The SMILES string of the molecule is Cc1ccc(OCC(=O)NNC(=O)C2CC2c2ccc(C(F)(F)F)cc2)cc1. The van der Waals surface area contributed by atoms with Gasteiger partial charge in [-0.2, -0.15) is 13.2 Å². The molecule has 0 aliphatic heterocycles. The van der Waals surface area contributed by atoms with Gasteiger partial charge in [0.25, 0.3) is 5.91 Å². The quantitative estimate of drug-likeness (QED) is 0.767. The first-order valence-electron chi connectivity index (χ1n) is 8.69. The third kappa shape index (κ3) is 5.03. The maximum absolute atomic E-state index is 12.6. The Morgan fingerprint density at radius 1 is 1.04 bits per heavy atom. The van der Waals surface area contributed by atoms with E-state index in [0.717, 1.165) is 17.7 Å². The van der Waals surface area contributed by atoms with Crippen LogP contribution in [0.2, 0.25) is 0 Å². The van der Waals surface area contributed by atoms with Crippen LogP contribution in [-0.2, 0) is 15.8 Å². The van der Waals surface area contributed by atoms with Crippen LogP contribution < -0.4 is 15.6 Å². The molecule has 5 nitrogen and oxygen atoms in total. The molecule has 0 spiro atoms. The highest BCUT2D eigenvalue weighted by molar-refractivity contribution is 5.86. The van der Waals surface area contributed by atoms with Crippen molar-refractivity contribution in [1.29, 1.82) is 0 Å². The highest BCUT2D eigenvalue weighted by Gasteiger charge is 2.44. The smallest absolute Gasteiger partial charge is 0.416 e. The van der Waals surface area contributed by atoms with E-state index in [1.807, 2.05) is 19.1 Å². The largest absolute Gasteiger partial charge is 0.484 e. The summed E-state index contributed by atoms with van der Waals surface area (Å²) in [7, 11) is 0. The zero-order valence-corrected chi connectivity index (χ0v) is 15.0. The minimum Gasteiger partial charge on any atom is -0.484 e. The van der Waals surface area contributed by atoms with Crippen LogP contribution >= 0.6 is 0 Å². The molecule has 148 valence electrons. The highest BCUT2D eigenvalue weighted by atomic mass is 19.4. The van der Waals surface area contributed by atoms with Gasteiger partial charge in [-0.3, -0.25) is 20.4 Å². The monoisotopic (exact) mass is 392 g/mol. The number of alkyl halides is 3. The summed E-state index contributed by atoms with van der Waals surface area (Å²) in [5.41, 5.74) is 5.61. The number of halogens is 3. The first-order valence-corrected chi connectivity index (χ1v) is 8.69. The molecule has 2 aromatic rings. The van der Waals surface area contributed by atoms with Crippen LogP contribution in [0.5, 0.6) is 5.75 Å². The summed E-state index contributed by atoms with van der Waals surface area (Å²) in [5, 5.41) is 0. The lowest BCUT2D eigenvalue weighted by atomic mass is 10.1. The molecule has 1 saturated carbocycles. The Kier molecular flexibility index (Phi) is 5.58. The second-order valence-electron chi connectivity index (χ2n) is 6.71. The number of carbonyl (C=O) groups is 2. The van der Waals surface area contributed by atoms with Gasteiger partial charge in [0, 0.05) is 5.92 Å². The van der Waals surface area contributed by atoms with Crippen LogP contribution in [0.15, 0.2) is 48.5 Å². The number of nitrogens with one attached hydrogen (secondary N) is 2. The fourth-order valence-corrected chi connectivity index (χ4v) is 2.82. The second-order valence-corrected chi connectivity index (χ2v) is 6.71. The third-order valence-electron chi connectivity index (χ3n) is 4.51. The van der Waals surface area contributed by atoms with Gasteiger partial charge in [0.1, 0.15) is 5.75 Å². The molecule has 3 rings (SSSR count). The van der Waals surface area contributed by atoms with Crippen molar-refractivity contribution in [3.63, 3.8) is 0 Å². The molecule has 2 atom stereocenters. The summed E-state index contributed by atoms with van der Waals surface area (Å²) in [6.45, 7) is 1.68. The number of rotatable bonds is 5. The molecule has 0 bridgehead atoms. The molecule has 2 aromatic carbocycles. The van der Waals surface area contributed by atoms with E-state index in [4.69, 9.17) is 4.74 Å². The van der Waals surface area contributed by atoms with Crippen LogP contribution in [0.25, 0.3) is 0 Å². The zero-order chi connectivity index (χ0) is 20.3. The van der Waals surface area contributed by atoms with Crippen LogP contribution in [0, 0.1) is 12.8 Å². The van der Waals surface area contributed by atoms with E-state index >= 15 is 0 Å². The Morgan fingerprint density at radius 3 is 2.29 bits per heavy atom. The number of hydrogen-bond donors (Lipinski definition) is 2. The molecule has 0 saturated heterocycles. The number of hydrazine groups is 1. The summed E-state index contributed by atoms with van der Waals surface area (Å²) < 4.78 is 43.1. The molecule has 8 heteroatoms. The van der Waals surface area contributed by atoms with Gasteiger partial charge in [0.2, 0.25) is 5.91 Å². The molecule has 2 amide bonds. The van der Waals surface area contributed by atoms with Gasteiger partial charge in [0.15, 0.2) is 6.61 Å². The fourth-order valence-electron chi connectivity index (χ4n) is 2.82. The highest BCUT2D eigenvalue weighted by Crippen LogP contribution is 2.47. The number of hydrogen-bond acceptors (Lipinski definition) is 3. The lowest BCUT2D eigenvalue weighted by Crippen LogP contribution is -2.44. The van der Waals surface area contributed by atoms with Crippen molar-refractivity contribution >= 4 is 11.8 Å². The van der Waals surface area contributed by atoms with Crippen molar-refractivity contribution in [3.8, 4) is 5.75 Å². The van der Waals surface area contributed by atoms with Crippen LogP contribution in [0.1, 0.15) is 29.0 Å². The minimum atomic E-state index is -4.39. The second kappa shape index (κ2) is 7.92. The molecule has 1 aliphatic carbocycles. The molecule has 2 N–H and O–H groups in total. The van der Waals surface area contributed by atoms with Crippen LogP contribution in [-0.4, -0.2) is 18.4 Å². The van der Waals surface area contributed by atoms with E-state index in [-0.39, 0.29) is 24.3 Å². The number of carbonyl (C=O) groups excluding carboxylic acids is 2. The topological polar surface area (TPSA) is 67.4 Å². The zero-order valence-electron chi connectivity index (χ0n) is 15.0. The normalized spacial score (nSPS) is 18.3. The van der Waals surface area contributed by atoms with E-state index < -0.39 is 17.6 Å². The van der Waals surface area contributed by atoms with Crippen molar-refractivity contribution in [1.82, 2.24) is 10.9 Å². The maximum Gasteiger partial charge on any atom is 0.416 e. The van der Waals surface area contributed by atoms with E-state index in [0.29, 0.717) is 17.7 Å². The Hall–Kier alpha value is -3.03. The summed E-state index contributed by atoms with van der Waals surface area (Å²) in [4.78, 5) is 23.8. The Labute approximate surface area is 159 Å². The average molecular weight is 392 g/mol. The Balaban J connectivity index is 1.42. The van der Waals surface area contributed by atoms with Gasteiger partial charge in [-0.1, -0.05) is 29.8 Å². The van der Waals surface area contributed by atoms with E-state index in [1.165, 1.54) is 12.1 Å². The summed E-state index contributed by atoms with van der Waals surface area (Å²) in [5.74, 6) is -0.885. The molecule has 2 unspecified atom stereocenters. The third-order valence-corrected chi connectivity index (χ3v) is 4.51. The molecule has 1 aliphatic rings. The van der Waals surface area contributed by atoms with E-state index in [1.54, 1.807) is 12.1 Å². The van der Waals surface area contributed by atoms with E-state index in [2.05, 4.69) is 10.9 Å². The van der Waals surface area contributed by atoms with Gasteiger partial charge >= 0.3 is 6.18 Å². The fraction of sp³-hybridized carbons (Fsp3) is 0.300. The first-order chi connectivity index (χ1) is 13.2. The summed E-state index contributed by atoms with van der Waals surface area (Å²) in [6.07, 6.45) is -3.86. The predicted molar refractivity (Wildman–Crippen MR) is 95.3 cm³/mol. The predicted octanol–water partition coefficient (Wildman–Crippen LogP) is 3.34. The number of benzene rings is 2. The lowest BCUT2D eigenvalue weighted by molar-refractivity contribution is -0.137. The maximum atomic E-state index is 12.6. The molecule has 0 aromatic heterocycles. The molecular weight excluding hydrogens is 373 g/mol. The standard InChI is InChI=1S/C20H19F3N2O3/c1-12-2-8-15(9-3-12)28-11-18(26)24-25-19(27)17-10-16(17)13-4-6-14(7-5-13)20(21,22)23/h2-9,16-17H,10-11H2,1H3,(H,24,26)(H,25,27). The van der Waals surface area contributed by atoms with Gasteiger partial charge in [-0.25, -0.2) is 0 Å². The van der Waals surface area contributed by atoms with Crippen molar-refractivity contribution in [2.24, 2.45) is 5.92 Å². The summed E-state index contributed by atoms with van der Waals surface area (Å²) >= 11 is 0. The number of ether oxygens (including phenoxy) is 1. The molecular formula is C20H19F3N2O3. The van der Waals surface area contributed by atoms with Crippen molar-refractivity contribution in [3.05, 3.63) is 65.2 Å². The molecule has 0 radical (unpaired) electrons. The van der Waals surface area contributed by atoms with Gasteiger partial charge in [0.05, 0.1) is 5.56 Å². The molecule has 1 fully saturated rings. The van der Waals surface area contributed by atoms with Crippen LogP contribution in [0.4, 0.5) is 13.2 Å². The lowest BCUT2D eigenvalue weighted by Gasteiger charge is -2.09. The van der Waals surface area contributed by atoms with Gasteiger partial charge in [-0.15, -0.1) is 0 Å². The minimum absolute atomic E-state index is 0.150.